The topological polar surface area (TPSA) is 90.3 Å². The van der Waals surface area contributed by atoms with Gasteiger partial charge in [-0.1, -0.05) is 0 Å². The Morgan fingerprint density at radius 3 is 2.41 bits per heavy atom. The second-order valence-electron chi connectivity index (χ2n) is 3.92. The third kappa shape index (κ3) is 3.52. The lowest BCUT2D eigenvalue weighted by atomic mass is 10.1. The standard InChI is InChI=1S/C10H17BrN4O2/c1-3-12-8-7(11)9(14-6-13-8)15-10(2,4-16)5-17/h6,16-17H,3-5H2,1-2H3,(H2,12,13,14,15). The number of anilines is 2. The normalized spacial score (nSPS) is 11.4. The van der Waals surface area contributed by atoms with Crippen LogP contribution < -0.4 is 10.6 Å². The lowest BCUT2D eigenvalue weighted by molar-refractivity contribution is 0.147. The Hall–Kier alpha value is -0.920. The molecule has 17 heavy (non-hydrogen) atoms. The summed E-state index contributed by atoms with van der Waals surface area (Å²) in [7, 11) is 0. The molecule has 0 aliphatic heterocycles. The van der Waals surface area contributed by atoms with Crippen molar-refractivity contribution < 1.29 is 10.2 Å². The minimum Gasteiger partial charge on any atom is -0.394 e. The van der Waals surface area contributed by atoms with E-state index in [9.17, 15) is 10.2 Å². The molecule has 0 aromatic carbocycles. The SMILES string of the molecule is CCNc1ncnc(NC(C)(CO)CO)c1Br. The van der Waals surface area contributed by atoms with Crippen LogP contribution in [0, 0.1) is 0 Å². The molecule has 0 amide bonds. The number of nitrogens with one attached hydrogen (secondary N) is 2. The Morgan fingerprint density at radius 1 is 1.29 bits per heavy atom. The molecule has 0 spiro atoms. The maximum atomic E-state index is 9.21. The highest BCUT2D eigenvalue weighted by Crippen LogP contribution is 2.28. The van der Waals surface area contributed by atoms with Crippen LogP contribution in [-0.4, -0.2) is 45.5 Å². The zero-order chi connectivity index (χ0) is 12.9. The lowest BCUT2D eigenvalue weighted by Crippen LogP contribution is -2.43. The van der Waals surface area contributed by atoms with E-state index >= 15 is 0 Å². The molecule has 1 aromatic heterocycles. The van der Waals surface area contributed by atoms with Crippen molar-refractivity contribution in [3.63, 3.8) is 0 Å². The van der Waals surface area contributed by atoms with Gasteiger partial charge in [0.25, 0.3) is 0 Å². The fourth-order valence-electron chi connectivity index (χ4n) is 1.16. The molecule has 0 aliphatic carbocycles. The number of hydrogen-bond acceptors (Lipinski definition) is 6. The number of aliphatic hydroxyl groups is 2. The molecule has 4 N–H and O–H groups in total. The van der Waals surface area contributed by atoms with Crippen LogP contribution >= 0.6 is 15.9 Å². The van der Waals surface area contributed by atoms with Gasteiger partial charge in [-0.15, -0.1) is 0 Å². The molecule has 0 bridgehead atoms. The van der Waals surface area contributed by atoms with Crippen molar-refractivity contribution in [2.75, 3.05) is 30.4 Å². The third-order valence-electron chi connectivity index (χ3n) is 2.25. The molecule has 1 rings (SSSR count). The summed E-state index contributed by atoms with van der Waals surface area (Å²) in [6.45, 7) is 4.01. The number of hydrogen-bond donors (Lipinski definition) is 4. The molecular formula is C10H17BrN4O2. The summed E-state index contributed by atoms with van der Waals surface area (Å²) in [5.41, 5.74) is -0.819. The second kappa shape index (κ2) is 6.13. The Kier molecular flexibility index (Phi) is 5.10. The van der Waals surface area contributed by atoms with Crippen LogP contribution in [-0.2, 0) is 0 Å². The second-order valence-corrected chi connectivity index (χ2v) is 4.71. The van der Waals surface area contributed by atoms with Crippen LogP contribution in [0.4, 0.5) is 11.6 Å². The fourth-order valence-corrected chi connectivity index (χ4v) is 1.61. The monoisotopic (exact) mass is 304 g/mol. The molecule has 0 saturated carbocycles. The van der Waals surface area contributed by atoms with Crippen LogP contribution in [0.25, 0.3) is 0 Å². The zero-order valence-corrected chi connectivity index (χ0v) is 11.5. The fraction of sp³-hybridized carbons (Fsp3) is 0.600. The molecule has 0 unspecified atom stereocenters. The largest absolute Gasteiger partial charge is 0.394 e. The Morgan fingerprint density at radius 2 is 1.88 bits per heavy atom. The molecule has 96 valence electrons. The minimum absolute atomic E-state index is 0.198. The molecule has 0 radical (unpaired) electrons. The van der Waals surface area contributed by atoms with Gasteiger partial charge in [-0.2, -0.15) is 0 Å². The summed E-state index contributed by atoms with van der Waals surface area (Å²) in [4.78, 5) is 8.15. The predicted molar refractivity (Wildman–Crippen MR) is 70.1 cm³/mol. The van der Waals surface area contributed by atoms with Crippen LogP contribution in [0.15, 0.2) is 10.8 Å². The first-order valence-corrected chi connectivity index (χ1v) is 6.10. The third-order valence-corrected chi connectivity index (χ3v) is 3.00. The Balaban J connectivity index is 2.95. The van der Waals surface area contributed by atoms with E-state index < -0.39 is 5.54 Å². The predicted octanol–water partition coefficient (Wildman–Crippen LogP) is 0.826. The molecular weight excluding hydrogens is 288 g/mol. The maximum Gasteiger partial charge on any atom is 0.146 e. The quantitative estimate of drug-likeness (QED) is 0.622. The highest BCUT2D eigenvalue weighted by molar-refractivity contribution is 9.10. The molecule has 0 aliphatic rings. The number of nitrogens with zero attached hydrogens (tertiary/aromatic N) is 2. The lowest BCUT2D eigenvalue weighted by Gasteiger charge is -2.27. The number of aromatic nitrogens is 2. The molecule has 0 atom stereocenters. The van der Waals surface area contributed by atoms with Crippen LogP contribution in [0.5, 0.6) is 0 Å². The summed E-state index contributed by atoms with van der Waals surface area (Å²) < 4.78 is 0.676. The van der Waals surface area contributed by atoms with Crippen molar-refractivity contribution >= 4 is 27.6 Å². The van der Waals surface area contributed by atoms with Gasteiger partial charge in [0.1, 0.15) is 22.4 Å². The average molecular weight is 305 g/mol. The van der Waals surface area contributed by atoms with Gasteiger partial charge in [0, 0.05) is 6.54 Å². The number of aliphatic hydroxyl groups excluding tert-OH is 2. The van der Waals surface area contributed by atoms with E-state index in [2.05, 4.69) is 36.5 Å². The molecule has 1 aromatic rings. The average Bonchev–Trinajstić information content (AvgIpc) is 2.34. The first kappa shape index (κ1) is 14.1. The summed E-state index contributed by atoms with van der Waals surface area (Å²) in [5.74, 6) is 1.20. The summed E-state index contributed by atoms with van der Waals surface area (Å²) in [5, 5.41) is 24.5. The Bertz CT molecular complexity index is 371. The zero-order valence-electron chi connectivity index (χ0n) is 9.87. The van der Waals surface area contributed by atoms with Crippen LogP contribution in [0.3, 0.4) is 0 Å². The van der Waals surface area contributed by atoms with Gasteiger partial charge < -0.3 is 20.8 Å². The van der Waals surface area contributed by atoms with E-state index in [0.29, 0.717) is 16.1 Å². The smallest absolute Gasteiger partial charge is 0.146 e. The molecule has 0 saturated heterocycles. The summed E-state index contributed by atoms with van der Waals surface area (Å²) >= 11 is 3.38. The van der Waals surface area contributed by atoms with Gasteiger partial charge in [-0.25, -0.2) is 9.97 Å². The van der Waals surface area contributed by atoms with Gasteiger partial charge >= 0.3 is 0 Å². The van der Waals surface area contributed by atoms with E-state index in [-0.39, 0.29) is 13.2 Å². The molecule has 6 nitrogen and oxygen atoms in total. The van der Waals surface area contributed by atoms with Crippen molar-refractivity contribution in [2.24, 2.45) is 0 Å². The summed E-state index contributed by atoms with van der Waals surface area (Å²) in [6.07, 6.45) is 1.42. The van der Waals surface area contributed by atoms with Crippen LogP contribution in [0.2, 0.25) is 0 Å². The highest BCUT2D eigenvalue weighted by atomic mass is 79.9. The van der Waals surface area contributed by atoms with E-state index in [1.54, 1.807) is 6.92 Å². The van der Waals surface area contributed by atoms with Crippen LogP contribution in [0.1, 0.15) is 13.8 Å². The van der Waals surface area contributed by atoms with Gasteiger partial charge in [0.15, 0.2) is 0 Å². The van der Waals surface area contributed by atoms with E-state index in [1.807, 2.05) is 6.92 Å². The first-order valence-electron chi connectivity index (χ1n) is 5.30. The van der Waals surface area contributed by atoms with Crippen molar-refractivity contribution in [1.82, 2.24) is 9.97 Å². The molecule has 7 heteroatoms. The van der Waals surface area contributed by atoms with Crippen molar-refractivity contribution in [3.05, 3.63) is 10.8 Å². The van der Waals surface area contributed by atoms with Crippen molar-refractivity contribution in [1.29, 1.82) is 0 Å². The van der Waals surface area contributed by atoms with Gasteiger partial charge in [0.05, 0.1) is 18.8 Å². The minimum atomic E-state index is -0.819. The van der Waals surface area contributed by atoms with Gasteiger partial charge in [-0.05, 0) is 29.8 Å². The van der Waals surface area contributed by atoms with Crippen molar-refractivity contribution in [2.45, 2.75) is 19.4 Å². The number of rotatable bonds is 6. The van der Waals surface area contributed by atoms with Crippen molar-refractivity contribution in [3.8, 4) is 0 Å². The Labute approximate surface area is 109 Å². The van der Waals surface area contributed by atoms with E-state index in [1.165, 1.54) is 6.33 Å². The van der Waals surface area contributed by atoms with Gasteiger partial charge in [-0.3, -0.25) is 0 Å². The number of halogens is 1. The van der Waals surface area contributed by atoms with Gasteiger partial charge in [0.2, 0.25) is 0 Å². The van der Waals surface area contributed by atoms with E-state index in [4.69, 9.17) is 0 Å². The maximum absolute atomic E-state index is 9.21. The summed E-state index contributed by atoms with van der Waals surface area (Å²) in [6, 6.07) is 0. The molecule has 1 heterocycles. The molecule has 0 fully saturated rings. The first-order chi connectivity index (χ1) is 8.06. The van der Waals surface area contributed by atoms with E-state index in [0.717, 1.165) is 6.54 Å². The highest BCUT2D eigenvalue weighted by Gasteiger charge is 2.24.